The van der Waals surface area contributed by atoms with E-state index in [1.54, 1.807) is 6.07 Å². The van der Waals surface area contributed by atoms with Crippen LogP contribution in [0, 0.1) is 28.5 Å². The van der Waals surface area contributed by atoms with Crippen molar-refractivity contribution in [3.05, 3.63) is 35.1 Å². The number of benzene rings is 1. The first-order valence-electron chi connectivity index (χ1n) is 6.54. The van der Waals surface area contributed by atoms with Crippen molar-refractivity contribution < 1.29 is 4.39 Å². The summed E-state index contributed by atoms with van der Waals surface area (Å²) in [5.41, 5.74) is 0.959. The average molecular weight is 257 g/mol. The lowest BCUT2D eigenvalue weighted by molar-refractivity contribution is 0.211. The molecule has 0 radical (unpaired) electrons. The molecule has 2 rings (SSSR count). The van der Waals surface area contributed by atoms with Crippen LogP contribution in [0.1, 0.15) is 36.8 Å². The quantitative estimate of drug-likeness (QED) is 0.779. The van der Waals surface area contributed by atoms with Crippen molar-refractivity contribution in [2.75, 3.05) is 6.54 Å². The fourth-order valence-electron chi connectivity index (χ4n) is 2.66. The predicted molar refractivity (Wildman–Crippen MR) is 69.4 cm³/mol. The van der Waals surface area contributed by atoms with Crippen LogP contribution in [0.25, 0.3) is 0 Å². The van der Waals surface area contributed by atoms with Gasteiger partial charge in [-0.2, -0.15) is 10.5 Å². The molecule has 0 aromatic heterocycles. The van der Waals surface area contributed by atoms with Gasteiger partial charge in [-0.25, -0.2) is 4.39 Å². The Kier molecular flexibility index (Phi) is 4.49. The molecule has 1 aliphatic rings. The molecule has 0 amide bonds. The van der Waals surface area contributed by atoms with Gasteiger partial charge in [0.1, 0.15) is 5.82 Å². The van der Waals surface area contributed by atoms with E-state index in [1.165, 1.54) is 25.0 Å². The highest BCUT2D eigenvalue weighted by atomic mass is 19.1. The topological polar surface area (TPSA) is 50.8 Å². The van der Waals surface area contributed by atoms with E-state index in [-0.39, 0.29) is 5.82 Å². The summed E-state index contributed by atoms with van der Waals surface area (Å²) >= 11 is 0. The summed E-state index contributed by atoms with van der Waals surface area (Å²) in [6.07, 6.45) is 4.49. The molecule has 0 bridgehead atoms. The van der Waals surface area contributed by atoms with E-state index in [1.807, 2.05) is 11.0 Å². The van der Waals surface area contributed by atoms with Crippen LogP contribution < -0.4 is 0 Å². The zero-order chi connectivity index (χ0) is 13.7. The van der Waals surface area contributed by atoms with Gasteiger partial charge in [0.15, 0.2) is 0 Å². The molecule has 0 N–H and O–H groups in total. The molecule has 1 fully saturated rings. The van der Waals surface area contributed by atoms with Crippen LogP contribution in [0.15, 0.2) is 18.2 Å². The average Bonchev–Trinajstić information content (AvgIpc) is 2.94. The minimum Gasteiger partial charge on any atom is -0.283 e. The maximum Gasteiger partial charge on any atom is 0.127 e. The third-order valence-corrected chi connectivity index (χ3v) is 3.66. The van der Waals surface area contributed by atoms with Gasteiger partial charge in [-0.3, -0.25) is 4.90 Å². The first kappa shape index (κ1) is 13.5. The van der Waals surface area contributed by atoms with E-state index >= 15 is 0 Å². The van der Waals surface area contributed by atoms with E-state index < -0.39 is 0 Å². The Morgan fingerprint density at radius 3 is 2.63 bits per heavy atom. The van der Waals surface area contributed by atoms with Gasteiger partial charge in [-0.15, -0.1) is 0 Å². The van der Waals surface area contributed by atoms with Crippen molar-refractivity contribution in [3.63, 3.8) is 0 Å². The monoisotopic (exact) mass is 257 g/mol. The third-order valence-electron chi connectivity index (χ3n) is 3.66. The summed E-state index contributed by atoms with van der Waals surface area (Å²) in [4.78, 5) is 2.02. The molecule has 0 aliphatic heterocycles. The molecule has 4 heteroatoms. The van der Waals surface area contributed by atoms with Crippen LogP contribution >= 0.6 is 0 Å². The van der Waals surface area contributed by atoms with Crippen LogP contribution in [-0.4, -0.2) is 17.5 Å². The highest BCUT2D eigenvalue weighted by Crippen LogP contribution is 2.25. The number of rotatable bonds is 4. The second kappa shape index (κ2) is 6.31. The second-order valence-electron chi connectivity index (χ2n) is 4.92. The van der Waals surface area contributed by atoms with E-state index in [2.05, 4.69) is 6.07 Å². The van der Waals surface area contributed by atoms with Crippen molar-refractivity contribution in [2.45, 2.75) is 38.3 Å². The van der Waals surface area contributed by atoms with Crippen LogP contribution in [0.4, 0.5) is 4.39 Å². The van der Waals surface area contributed by atoms with E-state index in [9.17, 15) is 4.39 Å². The smallest absolute Gasteiger partial charge is 0.127 e. The molecule has 0 saturated heterocycles. The molecule has 0 unspecified atom stereocenters. The van der Waals surface area contributed by atoms with Crippen molar-refractivity contribution in [1.29, 1.82) is 10.5 Å². The van der Waals surface area contributed by atoms with Gasteiger partial charge in [0.2, 0.25) is 0 Å². The summed E-state index contributed by atoms with van der Waals surface area (Å²) in [6, 6.07) is 8.92. The third kappa shape index (κ3) is 3.30. The standard InChI is InChI=1S/C15H16FN3/c16-15-6-5-12(10-18)9-13(15)11-19(8-7-17)14-3-1-2-4-14/h5-6,9,14H,1-4,8,11H2. The van der Waals surface area contributed by atoms with Crippen molar-refractivity contribution >= 4 is 0 Å². The van der Waals surface area contributed by atoms with E-state index in [0.29, 0.717) is 30.3 Å². The van der Waals surface area contributed by atoms with Gasteiger partial charge in [0.25, 0.3) is 0 Å². The molecular weight excluding hydrogens is 241 g/mol. The van der Waals surface area contributed by atoms with Crippen LogP contribution in [0.5, 0.6) is 0 Å². The van der Waals surface area contributed by atoms with E-state index in [4.69, 9.17) is 10.5 Å². The first-order chi connectivity index (χ1) is 9.24. The number of halogens is 1. The largest absolute Gasteiger partial charge is 0.283 e. The fourth-order valence-corrected chi connectivity index (χ4v) is 2.66. The van der Waals surface area contributed by atoms with Gasteiger partial charge in [0, 0.05) is 18.2 Å². The van der Waals surface area contributed by atoms with Gasteiger partial charge in [-0.05, 0) is 31.0 Å². The number of hydrogen-bond donors (Lipinski definition) is 0. The minimum atomic E-state index is -0.306. The lowest BCUT2D eigenvalue weighted by Gasteiger charge is -2.26. The number of nitrogens with zero attached hydrogens (tertiary/aromatic N) is 3. The molecule has 0 spiro atoms. The van der Waals surface area contributed by atoms with Crippen LogP contribution in [0.2, 0.25) is 0 Å². The Morgan fingerprint density at radius 1 is 1.26 bits per heavy atom. The molecule has 0 atom stereocenters. The van der Waals surface area contributed by atoms with Crippen LogP contribution in [0.3, 0.4) is 0 Å². The van der Waals surface area contributed by atoms with Crippen LogP contribution in [-0.2, 0) is 6.54 Å². The number of nitriles is 2. The molecule has 1 aromatic rings. The summed E-state index contributed by atoms with van der Waals surface area (Å²) in [5.74, 6) is -0.306. The Balaban J connectivity index is 2.16. The van der Waals surface area contributed by atoms with Gasteiger partial charge >= 0.3 is 0 Å². The van der Waals surface area contributed by atoms with Gasteiger partial charge in [0.05, 0.1) is 24.2 Å². The lowest BCUT2D eigenvalue weighted by Crippen LogP contribution is -2.33. The molecular formula is C15H16FN3. The molecule has 3 nitrogen and oxygen atoms in total. The lowest BCUT2D eigenvalue weighted by atomic mass is 10.1. The molecule has 1 aliphatic carbocycles. The van der Waals surface area contributed by atoms with Crippen molar-refractivity contribution in [1.82, 2.24) is 4.90 Å². The summed E-state index contributed by atoms with van der Waals surface area (Å²) in [6.45, 7) is 0.709. The zero-order valence-corrected chi connectivity index (χ0v) is 10.8. The fraction of sp³-hybridized carbons (Fsp3) is 0.467. The van der Waals surface area contributed by atoms with E-state index in [0.717, 1.165) is 12.8 Å². The predicted octanol–water partition coefficient (Wildman–Crippen LogP) is 2.97. The second-order valence-corrected chi connectivity index (χ2v) is 4.92. The zero-order valence-electron chi connectivity index (χ0n) is 10.8. The molecule has 19 heavy (non-hydrogen) atoms. The minimum absolute atomic E-state index is 0.306. The normalized spacial score (nSPS) is 15.4. The molecule has 0 heterocycles. The summed E-state index contributed by atoms with van der Waals surface area (Å²) in [5, 5.41) is 17.8. The molecule has 1 aromatic carbocycles. The molecule has 1 saturated carbocycles. The number of hydrogen-bond acceptors (Lipinski definition) is 3. The highest BCUT2D eigenvalue weighted by molar-refractivity contribution is 5.33. The maximum atomic E-state index is 13.8. The van der Waals surface area contributed by atoms with Gasteiger partial charge in [-0.1, -0.05) is 12.8 Å². The SMILES string of the molecule is N#CCN(Cc1cc(C#N)ccc1F)C1CCCC1. The maximum absolute atomic E-state index is 13.8. The summed E-state index contributed by atoms with van der Waals surface area (Å²) in [7, 11) is 0. The molecule has 98 valence electrons. The Morgan fingerprint density at radius 2 is 2.00 bits per heavy atom. The Hall–Kier alpha value is -1.91. The Labute approximate surface area is 112 Å². The highest BCUT2D eigenvalue weighted by Gasteiger charge is 2.23. The van der Waals surface area contributed by atoms with Crippen molar-refractivity contribution in [3.8, 4) is 12.1 Å². The Bertz CT molecular complexity index is 521. The summed E-state index contributed by atoms with van der Waals surface area (Å²) < 4.78 is 13.8. The van der Waals surface area contributed by atoms with Crippen molar-refractivity contribution in [2.24, 2.45) is 0 Å². The first-order valence-corrected chi connectivity index (χ1v) is 6.54. The van der Waals surface area contributed by atoms with Gasteiger partial charge < -0.3 is 0 Å².